The van der Waals surface area contributed by atoms with Gasteiger partial charge in [0.05, 0.1) is 0 Å². The van der Waals surface area contributed by atoms with Gasteiger partial charge in [-0.15, -0.1) is 0 Å². The fourth-order valence-electron chi connectivity index (χ4n) is 1.73. The Labute approximate surface area is 92.2 Å². The zero-order valence-electron chi connectivity index (χ0n) is 9.83. The van der Waals surface area contributed by atoms with Gasteiger partial charge in [-0.3, -0.25) is 0 Å². The first-order valence-corrected chi connectivity index (χ1v) is 5.90. The summed E-state index contributed by atoms with van der Waals surface area (Å²) in [5.74, 6) is 0.332. The normalized spacial score (nSPS) is 20.9. The average molecular weight is 213 g/mol. The molecule has 2 amide bonds. The van der Waals surface area contributed by atoms with E-state index in [0.717, 1.165) is 25.9 Å². The van der Waals surface area contributed by atoms with Crippen LogP contribution in [0.2, 0.25) is 0 Å². The van der Waals surface area contributed by atoms with Gasteiger partial charge in [-0.2, -0.15) is 0 Å². The molecule has 0 bridgehead atoms. The predicted octanol–water partition coefficient (Wildman–Crippen LogP) is 1.17. The summed E-state index contributed by atoms with van der Waals surface area (Å²) in [4.78, 5) is 13.7. The van der Waals surface area contributed by atoms with Crippen LogP contribution in [0.5, 0.6) is 0 Å². The highest BCUT2D eigenvalue weighted by molar-refractivity contribution is 5.74. The Morgan fingerprint density at radius 2 is 1.93 bits per heavy atom. The van der Waals surface area contributed by atoms with Crippen molar-refractivity contribution in [2.24, 2.45) is 11.7 Å². The molecule has 0 aromatic carbocycles. The lowest BCUT2D eigenvalue weighted by Gasteiger charge is -2.29. The summed E-state index contributed by atoms with van der Waals surface area (Å²) in [6.45, 7) is 6.48. The molecule has 1 rings (SSSR count). The number of likely N-dealkylation sites (tertiary alicyclic amines) is 1. The molecular formula is C11H23N3O. The van der Waals surface area contributed by atoms with Gasteiger partial charge in [-0.25, -0.2) is 4.79 Å². The van der Waals surface area contributed by atoms with E-state index in [1.807, 2.05) is 11.8 Å². The Balaban J connectivity index is 2.33. The van der Waals surface area contributed by atoms with Crippen LogP contribution in [0.15, 0.2) is 0 Å². The van der Waals surface area contributed by atoms with Gasteiger partial charge < -0.3 is 16.0 Å². The highest BCUT2D eigenvalue weighted by Gasteiger charge is 2.19. The Kier molecular flexibility index (Phi) is 4.88. The lowest BCUT2D eigenvalue weighted by Crippen LogP contribution is -2.48. The Bertz CT molecular complexity index is 202. The Morgan fingerprint density at radius 3 is 2.47 bits per heavy atom. The molecule has 0 aromatic rings. The van der Waals surface area contributed by atoms with Crippen LogP contribution >= 0.6 is 0 Å². The number of carbonyl (C=O) groups is 1. The lowest BCUT2D eigenvalue weighted by molar-refractivity contribution is 0.180. The lowest BCUT2D eigenvalue weighted by atomic mass is 10.0. The van der Waals surface area contributed by atoms with Crippen molar-refractivity contribution >= 4 is 6.03 Å². The molecule has 2 unspecified atom stereocenters. The Hall–Kier alpha value is -0.770. The summed E-state index contributed by atoms with van der Waals surface area (Å²) < 4.78 is 0. The summed E-state index contributed by atoms with van der Waals surface area (Å²) in [7, 11) is 0. The largest absolute Gasteiger partial charge is 0.335 e. The molecule has 2 atom stereocenters. The molecular weight excluding hydrogens is 190 g/mol. The topological polar surface area (TPSA) is 58.4 Å². The van der Waals surface area contributed by atoms with Crippen LogP contribution in [-0.2, 0) is 0 Å². The number of nitrogens with two attached hydrogens (primary N) is 1. The summed E-state index contributed by atoms with van der Waals surface area (Å²) >= 11 is 0. The quantitative estimate of drug-likeness (QED) is 0.739. The van der Waals surface area contributed by atoms with Crippen molar-refractivity contribution in [1.29, 1.82) is 0 Å². The molecule has 0 saturated carbocycles. The molecule has 1 aliphatic rings. The summed E-state index contributed by atoms with van der Waals surface area (Å²) in [6.07, 6.45) is 3.51. The van der Waals surface area contributed by atoms with E-state index < -0.39 is 0 Å². The van der Waals surface area contributed by atoms with Crippen LogP contribution < -0.4 is 11.1 Å². The van der Waals surface area contributed by atoms with Gasteiger partial charge in [0.25, 0.3) is 0 Å². The van der Waals surface area contributed by atoms with Crippen molar-refractivity contribution < 1.29 is 4.79 Å². The third-order valence-corrected chi connectivity index (χ3v) is 3.22. The number of rotatable bonds is 3. The zero-order chi connectivity index (χ0) is 11.3. The van der Waals surface area contributed by atoms with Crippen LogP contribution in [0.3, 0.4) is 0 Å². The van der Waals surface area contributed by atoms with Crippen LogP contribution in [0, 0.1) is 5.92 Å². The summed E-state index contributed by atoms with van der Waals surface area (Å²) in [5.41, 5.74) is 5.56. The second kappa shape index (κ2) is 5.95. The molecule has 1 saturated heterocycles. The van der Waals surface area contributed by atoms with Gasteiger partial charge in [0.1, 0.15) is 0 Å². The van der Waals surface area contributed by atoms with Crippen LogP contribution in [-0.4, -0.2) is 36.6 Å². The first-order valence-electron chi connectivity index (χ1n) is 5.90. The fourth-order valence-corrected chi connectivity index (χ4v) is 1.73. The fraction of sp³-hybridized carbons (Fsp3) is 0.909. The van der Waals surface area contributed by atoms with Gasteiger partial charge >= 0.3 is 6.03 Å². The second-order valence-electron chi connectivity index (χ2n) is 4.50. The maximum atomic E-state index is 11.8. The number of nitrogens with zero attached hydrogens (tertiary/aromatic N) is 1. The van der Waals surface area contributed by atoms with Crippen molar-refractivity contribution in [2.45, 2.75) is 39.2 Å². The highest BCUT2D eigenvalue weighted by Crippen LogP contribution is 2.09. The van der Waals surface area contributed by atoms with Crippen LogP contribution in [0.4, 0.5) is 4.79 Å². The molecule has 1 heterocycles. The SMILES string of the molecule is CC(CN)C(C)NC(=O)N1CCCCC1. The zero-order valence-corrected chi connectivity index (χ0v) is 9.83. The van der Waals surface area contributed by atoms with E-state index in [1.165, 1.54) is 6.42 Å². The molecule has 0 aliphatic carbocycles. The van der Waals surface area contributed by atoms with Gasteiger partial charge in [0.2, 0.25) is 0 Å². The number of hydrogen-bond acceptors (Lipinski definition) is 2. The molecule has 0 spiro atoms. The minimum Gasteiger partial charge on any atom is -0.335 e. The number of hydrogen-bond donors (Lipinski definition) is 2. The van der Waals surface area contributed by atoms with E-state index >= 15 is 0 Å². The van der Waals surface area contributed by atoms with E-state index in [9.17, 15) is 4.79 Å². The predicted molar refractivity (Wildman–Crippen MR) is 61.6 cm³/mol. The summed E-state index contributed by atoms with van der Waals surface area (Å²) in [6, 6.07) is 0.229. The number of urea groups is 1. The second-order valence-corrected chi connectivity index (χ2v) is 4.50. The van der Waals surface area contributed by atoms with Crippen molar-refractivity contribution in [3.05, 3.63) is 0 Å². The molecule has 3 N–H and O–H groups in total. The smallest absolute Gasteiger partial charge is 0.317 e. The minimum atomic E-state index is 0.0718. The summed E-state index contributed by atoms with van der Waals surface area (Å²) in [5, 5.41) is 3.01. The molecule has 0 aromatic heterocycles. The molecule has 88 valence electrons. The number of amides is 2. The van der Waals surface area contributed by atoms with Gasteiger partial charge in [0.15, 0.2) is 0 Å². The number of nitrogens with one attached hydrogen (secondary N) is 1. The highest BCUT2D eigenvalue weighted by atomic mass is 16.2. The number of carbonyl (C=O) groups excluding carboxylic acids is 1. The van der Waals surface area contributed by atoms with E-state index in [-0.39, 0.29) is 12.1 Å². The average Bonchev–Trinajstić information content (AvgIpc) is 2.29. The van der Waals surface area contributed by atoms with Gasteiger partial charge in [0, 0.05) is 19.1 Å². The van der Waals surface area contributed by atoms with Gasteiger partial charge in [-0.1, -0.05) is 6.92 Å². The van der Waals surface area contributed by atoms with E-state index in [2.05, 4.69) is 12.2 Å². The van der Waals surface area contributed by atoms with E-state index in [1.54, 1.807) is 0 Å². The third kappa shape index (κ3) is 3.70. The van der Waals surface area contributed by atoms with Crippen LogP contribution in [0.1, 0.15) is 33.1 Å². The minimum absolute atomic E-state index is 0.0718. The molecule has 1 aliphatic heterocycles. The van der Waals surface area contributed by atoms with Crippen molar-refractivity contribution in [3.8, 4) is 0 Å². The van der Waals surface area contributed by atoms with E-state index in [0.29, 0.717) is 12.5 Å². The molecule has 4 nitrogen and oxygen atoms in total. The first kappa shape index (κ1) is 12.3. The third-order valence-electron chi connectivity index (χ3n) is 3.22. The van der Waals surface area contributed by atoms with Crippen molar-refractivity contribution in [3.63, 3.8) is 0 Å². The number of piperidine rings is 1. The van der Waals surface area contributed by atoms with Crippen molar-refractivity contribution in [1.82, 2.24) is 10.2 Å². The van der Waals surface area contributed by atoms with Crippen molar-refractivity contribution in [2.75, 3.05) is 19.6 Å². The standard InChI is InChI=1S/C11H23N3O/c1-9(8-12)10(2)13-11(15)14-6-4-3-5-7-14/h9-10H,3-8,12H2,1-2H3,(H,13,15). The maximum absolute atomic E-state index is 11.8. The molecule has 0 radical (unpaired) electrons. The van der Waals surface area contributed by atoms with Gasteiger partial charge in [-0.05, 0) is 38.6 Å². The maximum Gasteiger partial charge on any atom is 0.317 e. The monoisotopic (exact) mass is 213 g/mol. The molecule has 15 heavy (non-hydrogen) atoms. The molecule has 1 fully saturated rings. The molecule has 4 heteroatoms. The first-order chi connectivity index (χ1) is 7.15. The Morgan fingerprint density at radius 1 is 1.33 bits per heavy atom. The van der Waals surface area contributed by atoms with Crippen LogP contribution in [0.25, 0.3) is 0 Å². The van der Waals surface area contributed by atoms with E-state index in [4.69, 9.17) is 5.73 Å².